The summed E-state index contributed by atoms with van der Waals surface area (Å²) in [5.41, 5.74) is 14.4. The van der Waals surface area contributed by atoms with Crippen molar-refractivity contribution in [1.82, 2.24) is 0 Å². The van der Waals surface area contributed by atoms with Gasteiger partial charge in [0.05, 0.1) is 0 Å². The maximum atomic E-state index is 11.6. The van der Waals surface area contributed by atoms with Crippen LogP contribution in [0.25, 0.3) is 0 Å². The summed E-state index contributed by atoms with van der Waals surface area (Å²) in [5, 5.41) is 55.7. The Labute approximate surface area is 396 Å². The Morgan fingerprint density at radius 3 is 1.25 bits per heavy atom. The molecule has 0 amide bonds. The van der Waals surface area contributed by atoms with Crippen molar-refractivity contribution in [3.63, 3.8) is 0 Å². The van der Waals surface area contributed by atoms with Gasteiger partial charge >= 0.3 is 0 Å². The summed E-state index contributed by atoms with van der Waals surface area (Å²) in [6.07, 6.45) is 0. The first-order valence-electron chi connectivity index (χ1n) is 23.2. The van der Waals surface area contributed by atoms with Crippen LogP contribution >= 0.6 is 0 Å². The Morgan fingerprint density at radius 2 is 0.761 bits per heavy atom. The number of benzene rings is 7. The van der Waals surface area contributed by atoms with E-state index < -0.39 is 28.7 Å². The van der Waals surface area contributed by atoms with Gasteiger partial charge in [-0.05, 0) is 127 Å². The molecule has 0 spiro atoms. The second-order valence-corrected chi connectivity index (χ2v) is 22.4. The summed E-state index contributed by atoms with van der Waals surface area (Å²) in [6, 6.07) is 44.9. The second-order valence-electron chi connectivity index (χ2n) is 22.4. The molecule has 0 bridgehead atoms. The molecule has 0 aliphatic carbocycles. The molecule has 2 heterocycles. The van der Waals surface area contributed by atoms with Crippen LogP contribution in [-0.2, 0) is 21.7 Å². The lowest BCUT2D eigenvalue weighted by Gasteiger charge is -2.45. The third-order valence-electron chi connectivity index (χ3n) is 13.6. The quantitative estimate of drug-likeness (QED) is 0.0660. The molecule has 67 heavy (non-hydrogen) atoms. The minimum Gasteiger partial charge on any atom is -0.503 e. The lowest BCUT2D eigenvalue weighted by molar-refractivity contribution is 0.329. The minimum atomic E-state index is -1.02. The van der Waals surface area contributed by atoms with Crippen LogP contribution in [0.1, 0.15) is 105 Å². The van der Waals surface area contributed by atoms with E-state index in [1.54, 1.807) is 4.90 Å². The average Bonchev–Trinajstić information content (AvgIpc) is 3.27. The predicted octanol–water partition coefficient (Wildman–Crippen LogP) is 13.0. The molecule has 0 saturated carbocycles. The first-order chi connectivity index (χ1) is 31.4. The van der Waals surface area contributed by atoms with E-state index in [0.717, 1.165) is 56.2 Å². The molecule has 342 valence electrons. The molecule has 0 radical (unpaired) electrons. The molecular formula is C58H62BN3O5. The third kappa shape index (κ3) is 7.58. The molecule has 9 rings (SSSR count). The third-order valence-corrected chi connectivity index (χ3v) is 13.6. The molecule has 0 saturated heterocycles. The van der Waals surface area contributed by atoms with Gasteiger partial charge in [-0.25, -0.2) is 0 Å². The summed E-state index contributed by atoms with van der Waals surface area (Å²) >= 11 is 0. The number of hydrogen-bond acceptors (Lipinski definition) is 8. The summed E-state index contributed by atoms with van der Waals surface area (Å²) in [4.78, 5) is 6.38. The van der Waals surface area contributed by atoms with Gasteiger partial charge in [0.2, 0.25) is 17.2 Å². The molecule has 9 heteroatoms. The fourth-order valence-corrected chi connectivity index (χ4v) is 9.66. The SMILES string of the molecule is CC(C)(C)c1ccc(N2c3cc(C(C)(C)C)ccc3B3c4ccc(N(c5ccc(C(C)(C)C)cc5)c5c(O)c(O)c(O)c(O)c5O)cc4N(c4ccccc4)c4cc(C(C)(C)C)cc2c43)cc1. The number of fused-ring (bicyclic) bond motifs is 4. The van der Waals surface area contributed by atoms with Gasteiger partial charge < -0.3 is 40.2 Å². The van der Waals surface area contributed by atoms with Crippen molar-refractivity contribution in [3.8, 4) is 28.7 Å². The molecule has 0 fully saturated rings. The zero-order chi connectivity index (χ0) is 48.3. The van der Waals surface area contributed by atoms with E-state index in [4.69, 9.17) is 0 Å². The fourth-order valence-electron chi connectivity index (χ4n) is 9.66. The fraction of sp³-hybridized carbons (Fsp3) is 0.276. The first-order valence-corrected chi connectivity index (χ1v) is 23.2. The number of hydrogen-bond donors (Lipinski definition) is 5. The van der Waals surface area contributed by atoms with Crippen LogP contribution in [0.2, 0.25) is 0 Å². The number of aromatic hydroxyl groups is 5. The van der Waals surface area contributed by atoms with E-state index in [9.17, 15) is 25.5 Å². The lowest BCUT2D eigenvalue weighted by Crippen LogP contribution is -2.61. The van der Waals surface area contributed by atoms with Crippen molar-refractivity contribution in [3.05, 3.63) is 150 Å². The van der Waals surface area contributed by atoms with Crippen LogP contribution in [0, 0.1) is 0 Å². The smallest absolute Gasteiger partial charge is 0.252 e. The van der Waals surface area contributed by atoms with Crippen molar-refractivity contribution in [2.24, 2.45) is 0 Å². The van der Waals surface area contributed by atoms with Gasteiger partial charge in [-0.2, -0.15) is 0 Å². The van der Waals surface area contributed by atoms with E-state index in [-0.39, 0.29) is 34.1 Å². The van der Waals surface area contributed by atoms with Crippen LogP contribution in [0.5, 0.6) is 28.7 Å². The highest BCUT2D eigenvalue weighted by molar-refractivity contribution is 7.00. The number of phenols is 5. The lowest BCUT2D eigenvalue weighted by atomic mass is 9.33. The Kier molecular flexibility index (Phi) is 10.5. The molecule has 7 aromatic rings. The zero-order valence-corrected chi connectivity index (χ0v) is 40.8. The summed E-state index contributed by atoms with van der Waals surface area (Å²) < 4.78 is 0. The topological polar surface area (TPSA) is 111 Å². The molecular weight excluding hydrogens is 829 g/mol. The van der Waals surface area contributed by atoms with Crippen molar-refractivity contribution in [2.45, 2.75) is 105 Å². The van der Waals surface area contributed by atoms with Crippen molar-refractivity contribution < 1.29 is 25.5 Å². The van der Waals surface area contributed by atoms with Crippen LogP contribution in [0.3, 0.4) is 0 Å². The molecule has 7 aromatic carbocycles. The molecule has 2 aliphatic rings. The van der Waals surface area contributed by atoms with Gasteiger partial charge in [-0.1, -0.05) is 144 Å². The molecule has 5 N–H and O–H groups in total. The Morgan fingerprint density at radius 1 is 0.373 bits per heavy atom. The van der Waals surface area contributed by atoms with Gasteiger partial charge in [-0.3, -0.25) is 0 Å². The summed E-state index contributed by atoms with van der Waals surface area (Å²) in [6.45, 7) is 26.4. The number of anilines is 9. The highest BCUT2D eigenvalue weighted by atomic mass is 16.4. The minimum absolute atomic E-state index is 0.0150. The number of para-hydroxylation sites is 1. The van der Waals surface area contributed by atoms with Gasteiger partial charge in [0.25, 0.3) is 6.71 Å². The Balaban J connectivity index is 1.38. The molecule has 0 unspecified atom stereocenters. The standard InChI is InChI=1S/C58H62BN3O5/c1-55(2,3)34-18-23-39(24-19-34)60(49-50(63)52(65)54(67)53(66)51(49)64)41-27-29-43-45(33-41)61(38-16-14-13-15-17-38)46-31-37(58(10,11)12)32-47-48(46)59(43)42-28-22-36(57(7,8)9)30-44(42)62(47)40-25-20-35(21-26-40)56(4,5)6/h13-33,63-67H,1-12H3. The van der Waals surface area contributed by atoms with Crippen molar-refractivity contribution in [1.29, 1.82) is 0 Å². The highest BCUT2D eigenvalue weighted by Gasteiger charge is 2.45. The maximum Gasteiger partial charge on any atom is 0.252 e. The highest BCUT2D eigenvalue weighted by Crippen LogP contribution is 2.58. The predicted molar refractivity (Wildman–Crippen MR) is 278 cm³/mol. The van der Waals surface area contributed by atoms with E-state index in [1.807, 2.05) is 54.6 Å². The number of rotatable bonds is 5. The largest absolute Gasteiger partial charge is 0.503 e. The van der Waals surface area contributed by atoms with Crippen LogP contribution < -0.4 is 31.1 Å². The van der Waals surface area contributed by atoms with Gasteiger partial charge in [0, 0.05) is 45.5 Å². The van der Waals surface area contributed by atoms with Crippen LogP contribution in [-0.4, -0.2) is 32.2 Å². The van der Waals surface area contributed by atoms with E-state index in [0.29, 0.717) is 11.4 Å². The summed E-state index contributed by atoms with van der Waals surface area (Å²) in [5.74, 6) is -4.50. The normalized spacial score (nSPS) is 13.6. The van der Waals surface area contributed by atoms with Gasteiger partial charge in [-0.15, -0.1) is 0 Å². The second kappa shape index (κ2) is 15.5. The first kappa shape index (κ1) is 45.2. The number of phenolic OH excluding ortho intramolecular Hbond substituents is 5. The zero-order valence-electron chi connectivity index (χ0n) is 40.8. The maximum absolute atomic E-state index is 11.6. The summed E-state index contributed by atoms with van der Waals surface area (Å²) in [7, 11) is 0. The molecule has 8 nitrogen and oxygen atoms in total. The van der Waals surface area contributed by atoms with E-state index in [1.165, 1.54) is 16.6 Å². The Hall–Kier alpha value is -7.00. The monoisotopic (exact) mass is 891 g/mol. The molecule has 0 atom stereocenters. The average molecular weight is 892 g/mol. The molecule has 0 aromatic heterocycles. The van der Waals surface area contributed by atoms with Crippen LogP contribution in [0.15, 0.2) is 127 Å². The number of nitrogens with zero attached hydrogens (tertiary/aromatic N) is 3. The Bertz CT molecular complexity index is 3040. The van der Waals surface area contributed by atoms with Crippen molar-refractivity contribution >= 4 is 74.3 Å². The van der Waals surface area contributed by atoms with Crippen molar-refractivity contribution in [2.75, 3.05) is 14.7 Å². The van der Waals surface area contributed by atoms with Crippen LogP contribution in [0.4, 0.5) is 51.2 Å². The van der Waals surface area contributed by atoms with Gasteiger partial charge in [0.15, 0.2) is 11.5 Å². The van der Waals surface area contributed by atoms with E-state index in [2.05, 4.69) is 166 Å². The van der Waals surface area contributed by atoms with Gasteiger partial charge in [0.1, 0.15) is 5.69 Å². The van der Waals surface area contributed by atoms with E-state index >= 15 is 0 Å². The molecule has 2 aliphatic heterocycles.